The summed E-state index contributed by atoms with van der Waals surface area (Å²) in [6.07, 6.45) is 0. The zero-order chi connectivity index (χ0) is 15.4. The molecule has 3 N–H and O–H groups in total. The Balaban J connectivity index is 2.12. The van der Waals surface area contributed by atoms with E-state index in [4.69, 9.17) is 11.0 Å². The number of hydrogen-bond acceptors (Lipinski definition) is 3. The van der Waals surface area contributed by atoms with Crippen molar-refractivity contribution in [2.75, 3.05) is 5.73 Å². The maximum atomic E-state index is 13.2. The number of benzene rings is 2. The molecule has 0 aromatic heterocycles. The summed E-state index contributed by atoms with van der Waals surface area (Å²) in [7, 11) is 0. The number of hydrogen-bond donors (Lipinski definition) is 2. The predicted octanol–water partition coefficient (Wildman–Crippen LogP) is 2.77. The van der Waals surface area contributed by atoms with E-state index in [9.17, 15) is 9.18 Å². The third kappa shape index (κ3) is 3.57. The van der Waals surface area contributed by atoms with Crippen LogP contribution in [-0.4, -0.2) is 5.91 Å². The summed E-state index contributed by atoms with van der Waals surface area (Å²) in [5.74, 6) is -0.954. The number of rotatable bonds is 3. The maximum absolute atomic E-state index is 13.2. The van der Waals surface area contributed by atoms with Crippen LogP contribution in [-0.2, 0) is 0 Å². The lowest BCUT2D eigenvalue weighted by molar-refractivity contribution is 0.0939. The maximum Gasteiger partial charge on any atom is 0.251 e. The van der Waals surface area contributed by atoms with Gasteiger partial charge in [-0.1, -0.05) is 12.1 Å². The first-order valence-electron chi connectivity index (χ1n) is 6.36. The van der Waals surface area contributed by atoms with Crippen molar-refractivity contribution in [1.29, 1.82) is 5.26 Å². The van der Waals surface area contributed by atoms with E-state index in [1.165, 1.54) is 6.07 Å². The molecule has 0 fully saturated rings. The van der Waals surface area contributed by atoms with Gasteiger partial charge in [0.25, 0.3) is 5.91 Å². The van der Waals surface area contributed by atoms with Crippen LogP contribution in [0.4, 0.5) is 10.1 Å². The fourth-order valence-electron chi connectivity index (χ4n) is 1.95. The first-order chi connectivity index (χ1) is 9.99. The zero-order valence-electron chi connectivity index (χ0n) is 11.4. The number of carbonyl (C=O) groups is 1. The van der Waals surface area contributed by atoms with Gasteiger partial charge in [-0.05, 0) is 42.8 Å². The molecule has 0 radical (unpaired) electrons. The van der Waals surface area contributed by atoms with Crippen molar-refractivity contribution in [2.24, 2.45) is 0 Å². The highest BCUT2D eigenvalue weighted by atomic mass is 19.1. The molecule has 106 valence electrons. The molecule has 5 heteroatoms. The Kier molecular flexibility index (Phi) is 4.19. The van der Waals surface area contributed by atoms with Crippen LogP contribution >= 0.6 is 0 Å². The molecule has 2 aromatic carbocycles. The third-order valence-corrected chi connectivity index (χ3v) is 3.07. The summed E-state index contributed by atoms with van der Waals surface area (Å²) in [5, 5.41) is 11.5. The average molecular weight is 283 g/mol. The van der Waals surface area contributed by atoms with Crippen LogP contribution < -0.4 is 11.1 Å². The van der Waals surface area contributed by atoms with Gasteiger partial charge in [0.1, 0.15) is 5.82 Å². The Hall–Kier alpha value is -2.87. The Labute approximate surface area is 122 Å². The number of nitriles is 1. The topological polar surface area (TPSA) is 78.9 Å². The van der Waals surface area contributed by atoms with Gasteiger partial charge in [-0.25, -0.2) is 4.39 Å². The first-order valence-corrected chi connectivity index (χ1v) is 6.36. The molecule has 0 saturated heterocycles. The second-order valence-electron chi connectivity index (χ2n) is 4.70. The molecule has 21 heavy (non-hydrogen) atoms. The van der Waals surface area contributed by atoms with Crippen molar-refractivity contribution in [2.45, 2.75) is 13.0 Å². The normalized spacial score (nSPS) is 11.5. The summed E-state index contributed by atoms with van der Waals surface area (Å²) in [4.78, 5) is 12.1. The Morgan fingerprint density at radius 1 is 1.29 bits per heavy atom. The first kappa shape index (κ1) is 14.5. The fourth-order valence-corrected chi connectivity index (χ4v) is 1.95. The highest BCUT2D eigenvalue weighted by molar-refractivity contribution is 5.95. The summed E-state index contributed by atoms with van der Waals surface area (Å²) < 4.78 is 13.2. The molecule has 0 saturated carbocycles. The van der Waals surface area contributed by atoms with E-state index in [1.54, 1.807) is 24.3 Å². The van der Waals surface area contributed by atoms with Gasteiger partial charge < -0.3 is 11.1 Å². The molecular formula is C16H14FN3O. The summed E-state index contributed by atoms with van der Waals surface area (Å²) in [5.41, 5.74) is 7.30. The van der Waals surface area contributed by atoms with Crippen LogP contribution in [0, 0.1) is 17.1 Å². The number of anilines is 1. The third-order valence-electron chi connectivity index (χ3n) is 3.07. The Morgan fingerprint density at radius 2 is 1.95 bits per heavy atom. The number of nitrogens with one attached hydrogen (secondary N) is 1. The number of amides is 1. The molecule has 2 rings (SSSR count). The van der Waals surface area contributed by atoms with Crippen molar-refractivity contribution < 1.29 is 9.18 Å². The van der Waals surface area contributed by atoms with Crippen LogP contribution in [0.15, 0.2) is 42.5 Å². The molecule has 0 spiro atoms. The number of halogens is 1. The van der Waals surface area contributed by atoms with Crippen molar-refractivity contribution in [3.05, 3.63) is 65.0 Å². The monoisotopic (exact) mass is 283 g/mol. The van der Waals surface area contributed by atoms with Crippen molar-refractivity contribution in [3.8, 4) is 6.07 Å². The van der Waals surface area contributed by atoms with Gasteiger partial charge in [0.05, 0.1) is 17.7 Å². The Bertz CT molecular complexity index is 684. The summed E-state index contributed by atoms with van der Waals surface area (Å²) >= 11 is 0. The molecule has 0 aliphatic carbocycles. The molecule has 1 unspecified atom stereocenters. The average Bonchev–Trinajstić information content (AvgIpc) is 2.46. The molecule has 0 heterocycles. The number of nitrogen functional groups attached to an aromatic ring is 1. The lowest BCUT2D eigenvalue weighted by Gasteiger charge is -2.14. The SMILES string of the molecule is CC(NC(=O)c1cc(N)cc(F)c1)c1ccc(C#N)cc1. The molecular weight excluding hydrogens is 269 g/mol. The van der Waals surface area contributed by atoms with E-state index in [-0.39, 0.29) is 17.3 Å². The van der Waals surface area contributed by atoms with Crippen molar-refractivity contribution in [1.82, 2.24) is 5.32 Å². The van der Waals surface area contributed by atoms with Crippen LogP contribution in [0.3, 0.4) is 0 Å². The summed E-state index contributed by atoms with van der Waals surface area (Å²) in [6.45, 7) is 1.81. The van der Waals surface area contributed by atoms with Crippen LogP contribution in [0.5, 0.6) is 0 Å². The van der Waals surface area contributed by atoms with Gasteiger partial charge in [-0.2, -0.15) is 5.26 Å². The van der Waals surface area contributed by atoms with E-state index in [2.05, 4.69) is 5.32 Å². The fraction of sp³-hybridized carbons (Fsp3) is 0.125. The largest absolute Gasteiger partial charge is 0.399 e. The Morgan fingerprint density at radius 3 is 2.52 bits per heavy atom. The van der Waals surface area contributed by atoms with Crippen molar-refractivity contribution >= 4 is 11.6 Å². The van der Waals surface area contributed by atoms with Gasteiger partial charge >= 0.3 is 0 Å². The van der Waals surface area contributed by atoms with E-state index < -0.39 is 11.7 Å². The smallest absolute Gasteiger partial charge is 0.251 e. The second-order valence-corrected chi connectivity index (χ2v) is 4.70. The minimum atomic E-state index is -0.550. The molecule has 0 aliphatic rings. The lowest BCUT2D eigenvalue weighted by Crippen LogP contribution is -2.26. The summed E-state index contributed by atoms with van der Waals surface area (Å²) in [6, 6.07) is 12.4. The van der Waals surface area contributed by atoms with Gasteiger partial charge in [-0.3, -0.25) is 4.79 Å². The number of nitrogens with zero attached hydrogens (tertiary/aromatic N) is 1. The van der Waals surface area contributed by atoms with Crippen molar-refractivity contribution in [3.63, 3.8) is 0 Å². The lowest BCUT2D eigenvalue weighted by atomic mass is 10.1. The van der Waals surface area contributed by atoms with Gasteiger partial charge in [-0.15, -0.1) is 0 Å². The van der Waals surface area contributed by atoms with E-state index in [0.717, 1.165) is 17.7 Å². The molecule has 0 bridgehead atoms. The van der Waals surface area contributed by atoms with Gasteiger partial charge in [0.2, 0.25) is 0 Å². The predicted molar refractivity (Wildman–Crippen MR) is 77.9 cm³/mol. The number of nitrogens with two attached hydrogens (primary N) is 1. The minimum absolute atomic E-state index is 0.174. The number of carbonyl (C=O) groups excluding carboxylic acids is 1. The highest BCUT2D eigenvalue weighted by Gasteiger charge is 2.12. The second kappa shape index (κ2) is 6.06. The van der Waals surface area contributed by atoms with Crippen LogP contribution in [0.1, 0.15) is 34.5 Å². The highest BCUT2D eigenvalue weighted by Crippen LogP contribution is 2.16. The molecule has 2 aromatic rings. The zero-order valence-corrected chi connectivity index (χ0v) is 11.4. The van der Waals surface area contributed by atoms with Gasteiger partial charge in [0.15, 0.2) is 0 Å². The minimum Gasteiger partial charge on any atom is -0.399 e. The standard InChI is InChI=1S/C16H14FN3O/c1-10(12-4-2-11(9-18)3-5-12)20-16(21)13-6-14(17)8-15(19)7-13/h2-8,10H,19H2,1H3,(H,20,21). The molecule has 0 aliphatic heterocycles. The van der Waals surface area contributed by atoms with Gasteiger partial charge in [0, 0.05) is 11.3 Å². The van der Waals surface area contributed by atoms with E-state index in [0.29, 0.717) is 5.56 Å². The van der Waals surface area contributed by atoms with Crippen LogP contribution in [0.2, 0.25) is 0 Å². The molecule has 1 atom stereocenters. The van der Waals surface area contributed by atoms with Crippen LogP contribution in [0.25, 0.3) is 0 Å². The molecule has 4 nitrogen and oxygen atoms in total. The quantitative estimate of drug-likeness (QED) is 0.850. The van der Waals surface area contributed by atoms with E-state index in [1.807, 2.05) is 13.0 Å². The van der Waals surface area contributed by atoms with E-state index >= 15 is 0 Å². The molecule has 1 amide bonds.